The van der Waals surface area contributed by atoms with Crippen molar-refractivity contribution in [2.45, 2.75) is 19.5 Å². The van der Waals surface area contributed by atoms with Crippen LogP contribution >= 0.6 is 24.4 Å². The summed E-state index contributed by atoms with van der Waals surface area (Å²) in [5.74, 6) is 0. The molecule has 0 aromatic rings. The Labute approximate surface area is 87.9 Å². The van der Waals surface area contributed by atoms with Crippen LogP contribution in [0.3, 0.4) is 0 Å². The van der Waals surface area contributed by atoms with E-state index in [1.807, 2.05) is 19.9 Å². The smallest absolute Gasteiger partial charge is 0.172 e. The van der Waals surface area contributed by atoms with E-state index in [1.165, 1.54) is 0 Å². The molecule has 0 bridgehead atoms. The summed E-state index contributed by atoms with van der Waals surface area (Å²) in [6.07, 6.45) is 1.93. The highest BCUT2D eigenvalue weighted by Gasteiger charge is 2.26. The van der Waals surface area contributed by atoms with E-state index in [0.717, 1.165) is 5.70 Å². The van der Waals surface area contributed by atoms with Crippen LogP contribution in [-0.2, 0) is 0 Å². The first kappa shape index (κ1) is 10.2. The molecule has 6 heteroatoms. The van der Waals surface area contributed by atoms with E-state index >= 15 is 0 Å². The number of hydrogen-bond donors (Lipinski definition) is 4. The zero-order valence-electron chi connectivity index (χ0n) is 7.47. The van der Waals surface area contributed by atoms with Crippen molar-refractivity contribution in [3.8, 4) is 0 Å². The molecule has 1 aliphatic heterocycles. The average Bonchev–Trinajstić information content (AvgIpc) is 1.77. The number of nitrogens with two attached hydrogens (primary N) is 1. The van der Waals surface area contributed by atoms with Crippen LogP contribution in [0.25, 0.3) is 0 Å². The third-order valence-electron chi connectivity index (χ3n) is 1.57. The first-order valence-corrected chi connectivity index (χ1v) is 4.59. The first-order chi connectivity index (χ1) is 5.91. The lowest BCUT2D eigenvalue weighted by Gasteiger charge is -2.34. The highest BCUT2D eigenvalue weighted by molar-refractivity contribution is 7.80. The van der Waals surface area contributed by atoms with E-state index in [0.29, 0.717) is 5.11 Å². The molecule has 0 amide bonds. The van der Waals surface area contributed by atoms with Gasteiger partial charge in [-0.05, 0) is 44.4 Å². The van der Waals surface area contributed by atoms with Gasteiger partial charge in [-0.25, -0.2) is 0 Å². The van der Waals surface area contributed by atoms with E-state index in [9.17, 15) is 0 Å². The Morgan fingerprint density at radius 1 is 1.69 bits per heavy atom. The molecule has 1 atom stereocenters. The summed E-state index contributed by atoms with van der Waals surface area (Å²) in [6.45, 7) is 3.83. The number of hydrogen-bond acceptors (Lipinski definition) is 2. The molecular formula is C7H12N4S2. The first-order valence-electron chi connectivity index (χ1n) is 3.77. The standard InChI is InChI=1S/C7H12N4S2/c1-4-3-7(2,10-5(8)12)11-6(13)9-4/h3H,1-2H3,(H3,8,10,12)(H2,9,11,13). The van der Waals surface area contributed by atoms with Gasteiger partial charge in [-0.3, -0.25) is 0 Å². The van der Waals surface area contributed by atoms with E-state index < -0.39 is 5.66 Å². The molecule has 5 N–H and O–H groups in total. The molecule has 1 rings (SSSR count). The SMILES string of the molecule is CC1=CC(C)(NC(N)=S)NC(=S)N1. The van der Waals surface area contributed by atoms with E-state index in [4.69, 9.17) is 30.2 Å². The van der Waals surface area contributed by atoms with Crippen molar-refractivity contribution >= 4 is 34.7 Å². The van der Waals surface area contributed by atoms with Gasteiger partial charge in [-0.1, -0.05) is 0 Å². The van der Waals surface area contributed by atoms with Gasteiger partial charge in [0.15, 0.2) is 10.2 Å². The van der Waals surface area contributed by atoms with E-state index in [1.54, 1.807) is 0 Å². The summed E-state index contributed by atoms with van der Waals surface area (Å²) in [6, 6.07) is 0. The Bertz CT molecular complexity index is 286. The molecule has 0 saturated heterocycles. The minimum Gasteiger partial charge on any atom is -0.376 e. The molecular weight excluding hydrogens is 204 g/mol. The van der Waals surface area contributed by atoms with Gasteiger partial charge in [0.2, 0.25) is 0 Å². The minimum absolute atomic E-state index is 0.240. The molecule has 0 aromatic heterocycles. The van der Waals surface area contributed by atoms with Crippen molar-refractivity contribution < 1.29 is 0 Å². The summed E-state index contributed by atoms with van der Waals surface area (Å²) >= 11 is 9.76. The third-order valence-corrected chi connectivity index (χ3v) is 1.88. The lowest BCUT2D eigenvalue weighted by molar-refractivity contribution is 0.468. The van der Waals surface area contributed by atoms with Crippen LogP contribution in [-0.4, -0.2) is 15.9 Å². The van der Waals surface area contributed by atoms with Crippen LogP contribution in [0, 0.1) is 0 Å². The van der Waals surface area contributed by atoms with Gasteiger partial charge in [0.05, 0.1) is 0 Å². The van der Waals surface area contributed by atoms with Crippen molar-refractivity contribution in [3.63, 3.8) is 0 Å². The van der Waals surface area contributed by atoms with Crippen LogP contribution in [0.4, 0.5) is 0 Å². The maximum absolute atomic E-state index is 5.39. The highest BCUT2D eigenvalue weighted by atomic mass is 32.1. The number of thiocarbonyl (C=S) groups is 2. The fraction of sp³-hybridized carbons (Fsp3) is 0.429. The zero-order valence-corrected chi connectivity index (χ0v) is 9.10. The number of nitrogens with one attached hydrogen (secondary N) is 3. The lowest BCUT2D eigenvalue weighted by atomic mass is 10.1. The van der Waals surface area contributed by atoms with Crippen LogP contribution in [0.1, 0.15) is 13.8 Å². The van der Waals surface area contributed by atoms with Crippen molar-refractivity contribution in [2.24, 2.45) is 5.73 Å². The maximum Gasteiger partial charge on any atom is 0.172 e. The van der Waals surface area contributed by atoms with Gasteiger partial charge in [0, 0.05) is 5.70 Å². The molecule has 1 heterocycles. The Hall–Kier alpha value is -0.880. The van der Waals surface area contributed by atoms with Gasteiger partial charge in [-0.2, -0.15) is 0 Å². The molecule has 4 nitrogen and oxygen atoms in total. The minimum atomic E-state index is -0.488. The molecule has 13 heavy (non-hydrogen) atoms. The van der Waals surface area contributed by atoms with E-state index in [2.05, 4.69) is 16.0 Å². The van der Waals surface area contributed by atoms with Crippen LogP contribution in [0.2, 0.25) is 0 Å². The molecule has 72 valence electrons. The molecule has 0 aromatic carbocycles. The molecule has 0 aliphatic carbocycles. The van der Waals surface area contributed by atoms with Gasteiger partial charge in [-0.15, -0.1) is 0 Å². The summed E-state index contributed by atoms with van der Waals surface area (Å²) in [5.41, 5.74) is 5.87. The fourth-order valence-corrected chi connectivity index (χ4v) is 1.86. The topological polar surface area (TPSA) is 62.1 Å². The fourth-order valence-electron chi connectivity index (χ4n) is 1.27. The Morgan fingerprint density at radius 2 is 2.31 bits per heavy atom. The molecule has 1 unspecified atom stereocenters. The molecule has 0 radical (unpaired) electrons. The van der Waals surface area contributed by atoms with Crippen LogP contribution in [0.5, 0.6) is 0 Å². The number of allylic oxidation sites excluding steroid dienone is 1. The molecule has 1 aliphatic rings. The quantitative estimate of drug-likeness (QED) is 0.460. The summed E-state index contributed by atoms with van der Waals surface area (Å²) in [5, 5.41) is 9.70. The summed E-state index contributed by atoms with van der Waals surface area (Å²) in [7, 11) is 0. The van der Waals surface area contributed by atoms with Gasteiger partial charge in [0.1, 0.15) is 5.66 Å². The van der Waals surface area contributed by atoms with Crippen LogP contribution in [0.15, 0.2) is 11.8 Å². The van der Waals surface area contributed by atoms with E-state index in [-0.39, 0.29) is 5.11 Å². The number of rotatable bonds is 1. The lowest BCUT2D eigenvalue weighted by Crippen LogP contribution is -2.62. The predicted octanol–water partition coefficient (Wildman–Crippen LogP) is -0.0827. The largest absolute Gasteiger partial charge is 0.376 e. The van der Waals surface area contributed by atoms with Crippen molar-refractivity contribution in [1.29, 1.82) is 0 Å². The monoisotopic (exact) mass is 216 g/mol. The van der Waals surface area contributed by atoms with Crippen LogP contribution < -0.4 is 21.7 Å². The second-order valence-electron chi connectivity index (χ2n) is 3.10. The predicted molar refractivity (Wildman–Crippen MR) is 61.0 cm³/mol. The maximum atomic E-state index is 5.39. The van der Waals surface area contributed by atoms with Crippen molar-refractivity contribution in [3.05, 3.63) is 11.8 Å². The molecule has 0 spiro atoms. The third kappa shape index (κ3) is 2.82. The average molecular weight is 216 g/mol. The Kier molecular flexibility index (Phi) is 2.72. The highest BCUT2D eigenvalue weighted by Crippen LogP contribution is 2.08. The zero-order chi connectivity index (χ0) is 10.1. The summed E-state index contributed by atoms with van der Waals surface area (Å²) in [4.78, 5) is 0. The Balaban J connectivity index is 2.83. The van der Waals surface area contributed by atoms with Gasteiger partial charge >= 0.3 is 0 Å². The van der Waals surface area contributed by atoms with Gasteiger partial charge in [0.25, 0.3) is 0 Å². The molecule has 0 fully saturated rings. The Morgan fingerprint density at radius 3 is 2.77 bits per heavy atom. The second-order valence-corrected chi connectivity index (χ2v) is 3.95. The second kappa shape index (κ2) is 3.47. The van der Waals surface area contributed by atoms with Crippen molar-refractivity contribution in [1.82, 2.24) is 16.0 Å². The summed E-state index contributed by atoms with van der Waals surface area (Å²) < 4.78 is 0. The van der Waals surface area contributed by atoms with Gasteiger partial charge < -0.3 is 21.7 Å². The normalized spacial score (nSPS) is 26.9. The molecule has 0 saturated carbocycles. The van der Waals surface area contributed by atoms with Crippen molar-refractivity contribution in [2.75, 3.05) is 0 Å².